The summed E-state index contributed by atoms with van der Waals surface area (Å²) in [5.41, 5.74) is 0. The van der Waals surface area contributed by atoms with Crippen molar-refractivity contribution in [2.45, 2.75) is 25.7 Å². The van der Waals surface area contributed by atoms with Gasteiger partial charge in [-0.1, -0.05) is 12.8 Å². The first kappa shape index (κ1) is 13.8. The Hall–Kier alpha value is -0.220. The minimum absolute atomic E-state index is 0.0941. The Balaban J connectivity index is 3.01. The van der Waals surface area contributed by atoms with Crippen LogP contribution < -0.4 is 10.6 Å². The van der Waals surface area contributed by atoms with Gasteiger partial charge in [-0.25, -0.2) is 0 Å². The highest BCUT2D eigenvalue weighted by Crippen LogP contribution is 2.03. The van der Waals surface area contributed by atoms with Crippen molar-refractivity contribution in [1.29, 1.82) is 0 Å². The van der Waals surface area contributed by atoms with Gasteiger partial charge in [0.15, 0.2) is 0 Å². The molecule has 0 spiro atoms. The zero-order valence-electron chi connectivity index (χ0n) is 9.27. The molecule has 0 aliphatic carbocycles. The molecule has 0 rings (SSSR count). The molecule has 0 aromatic rings. The third-order valence-electron chi connectivity index (χ3n) is 1.93. The highest BCUT2D eigenvalue weighted by atomic mass is 32.2. The molecule has 0 bridgehead atoms. The molecule has 0 atom stereocenters. The summed E-state index contributed by atoms with van der Waals surface area (Å²) in [7, 11) is 1.78. The second-order valence-corrected chi connectivity index (χ2v) is 4.27. The van der Waals surface area contributed by atoms with Gasteiger partial charge < -0.3 is 10.6 Å². The molecule has 14 heavy (non-hydrogen) atoms. The van der Waals surface area contributed by atoms with E-state index in [1.54, 1.807) is 7.05 Å². The zero-order valence-corrected chi connectivity index (χ0v) is 10.1. The lowest BCUT2D eigenvalue weighted by atomic mass is 10.2. The number of carbonyl (C=O) groups is 1. The molecular weight excluding hydrogens is 196 g/mol. The molecule has 0 aliphatic heterocycles. The van der Waals surface area contributed by atoms with Crippen LogP contribution in [-0.2, 0) is 4.79 Å². The Bertz CT molecular complexity index is 142. The zero-order chi connectivity index (χ0) is 10.6. The summed E-state index contributed by atoms with van der Waals surface area (Å²) >= 11 is 1.90. The van der Waals surface area contributed by atoms with Crippen LogP contribution in [-0.4, -0.2) is 38.1 Å². The fourth-order valence-corrected chi connectivity index (χ4v) is 1.67. The summed E-state index contributed by atoms with van der Waals surface area (Å²) in [6, 6.07) is 0. The topological polar surface area (TPSA) is 41.1 Å². The lowest BCUT2D eigenvalue weighted by molar-refractivity contribution is -0.120. The fourth-order valence-electron chi connectivity index (χ4n) is 1.18. The molecule has 2 N–H and O–H groups in total. The molecule has 0 aromatic carbocycles. The Labute approximate surface area is 91.4 Å². The van der Waals surface area contributed by atoms with Gasteiger partial charge in [0.1, 0.15) is 0 Å². The third kappa shape index (κ3) is 9.86. The van der Waals surface area contributed by atoms with Gasteiger partial charge in [0.2, 0.25) is 5.91 Å². The third-order valence-corrected chi connectivity index (χ3v) is 2.63. The quantitative estimate of drug-likeness (QED) is 0.572. The predicted octanol–water partition coefficient (Wildman–Crippen LogP) is 1.25. The average Bonchev–Trinajstić information content (AvgIpc) is 2.17. The van der Waals surface area contributed by atoms with Crippen molar-refractivity contribution in [2.75, 3.05) is 32.1 Å². The van der Waals surface area contributed by atoms with Gasteiger partial charge in [-0.15, -0.1) is 0 Å². The van der Waals surface area contributed by atoms with Gasteiger partial charge >= 0.3 is 0 Å². The van der Waals surface area contributed by atoms with Crippen LogP contribution in [0, 0.1) is 0 Å². The van der Waals surface area contributed by atoms with E-state index in [1.807, 2.05) is 11.8 Å². The smallest absolute Gasteiger partial charge is 0.233 e. The van der Waals surface area contributed by atoms with Crippen LogP contribution in [0.1, 0.15) is 25.7 Å². The van der Waals surface area contributed by atoms with Gasteiger partial charge in [0.05, 0.1) is 6.54 Å². The molecule has 0 aromatic heterocycles. The number of hydrogen-bond acceptors (Lipinski definition) is 3. The van der Waals surface area contributed by atoms with Crippen LogP contribution >= 0.6 is 11.8 Å². The normalized spacial score (nSPS) is 10.1. The first-order valence-electron chi connectivity index (χ1n) is 5.21. The van der Waals surface area contributed by atoms with Crippen LogP contribution in [0.5, 0.6) is 0 Å². The van der Waals surface area contributed by atoms with Crippen LogP contribution in [0.2, 0.25) is 0 Å². The van der Waals surface area contributed by atoms with Crippen molar-refractivity contribution in [3.63, 3.8) is 0 Å². The van der Waals surface area contributed by atoms with E-state index in [4.69, 9.17) is 0 Å². The van der Waals surface area contributed by atoms with Crippen molar-refractivity contribution >= 4 is 17.7 Å². The van der Waals surface area contributed by atoms with E-state index in [1.165, 1.54) is 25.0 Å². The van der Waals surface area contributed by atoms with E-state index in [0.29, 0.717) is 6.54 Å². The monoisotopic (exact) mass is 218 g/mol. The summed E-state index contributed by atoms with van der Waals surface area (Å²) in [5.74, 6) is 1.35. The first-order valence-corrected chi connectivity index (χ1v) is 6.61. The van der Waals surface area contributed by atoms with Crippen LogP contribution in [0.25, 0.3) is 0 Å². The molecular formula is C10H22N2OS. The van der Waals surface area contributed by atoms with Gasteiger partial charge in [-0.3, -0.25) is 4.79 Å². The molecule has 3 nitrogen and oxygen atoms in total. The maximum atomic E-state index is 11.0. The van der Waals surface area contributed by atoms with Crippen molar-refractivity contribution in [3.8, 4) is 0 Å². The number of unbranched alkanes of at least 4 members (excludes halogenated alkanes) is 3. The molecule has 0 saturated heterocycles. The minimum atomic E-state index is 0.0941. The summed E-state index contributed by atoms with van der Waals surface area (Å²) in [5, 5.41) is 5.69. The van der Waals surface area contributed by atoms with E-state index in [-0.39, 0.29) is 5.91 Å². The summed E-state index contributed by atoms with van der Waals surface area (Å²) in [4.78, 5) is 11.0. The highest BCUT2D eigenvalue weighted by molar-refractivity contribution is 7.98. The van der Waals surface area contributed by atoms with E-state index >= 15 is 0 Å². The molecule has 0 fully saturated rings. The summed E-state index contributed by atoms with van der Waals surface area (Å²) in [6.07, 6.45) is 7.04. The number of thioether (sulfide) groups is 1. The minimum Gasteiger partial charge on any atom is -0.355 e. The molecule has 0 saturated carbocycles. The number of likely N-dealkylation sites (N-methyl/N-ethyl adjacent to an activating group) is 1. The van der Waals surface area contributed by atoms with Crippen molar-refractivity contribution in [1.82, 2.24) is 10.6 Å². The molecule has 84 valence electrons. The summed E-state index contributed by atoms with van der Waals surface area (Å²) < 4.78 is 0. The molecule has 0 heterocycles. The Morgan fingerprint density at radius 3 is 2.57 bits per heavy atom. The second-order valence-electron chi connectivity index (χ2n) is 3.29. The number of hydrogen-bond donors (Lipinski definition) is 2. The molecule has 1 amide bonds. The van der Waals surface area contributed by atoms with Gasteiger partial charge in [0, 0.05) is 6.54 Å². The standard InChI is InChI=1S/C10H22N2OS/c1-11-9-10(13)12-7-5-3-4-6-8-14-2/h11H,3-9H2,1-2H3,(H,12,13). The van der Waals surface area contributed by atoms with E-state index in [0.717, 1.165) is 13.0 Å². The summed E-state index contributed by atoms with van der Waals surface area (Å²) in [6.45, 7) is 1.24. The SMILES string of the molecule is CNCC(=O)NCCCCCCSC. The lowest BCUT2D eigenvalue weighted by Gasteiger charge is -2.04. The molecule has 4 heteroatoms. The maximum absolute atomic E-state index is 11.0. The Morgan fingerprint density at radius 1 is 1.21 bits per heavy atom. The van der Waals surface area contributed by atoms with Crippen molar-refractivity contribution in [3.05, 3.63) is 0 Å². The van der Waals surface area contributed by atoms with Crippen molar-refractivity contribution < 1.29 is 4.79 Å². The van der Waals surface area contributed by atoms with Gasteiger partial charge in [-0.2, -0.15) is 11.8 Å². The van der Waals surface area contributed by atoms with Crippen LogP contribution in [0.3, 0.4) is 0 Å². The Morgan fingerprint density at radius 2 is 1.93 bits per heavy atom. The average molecular weight is 218 g/mol. The Kier molecular flexibility index (Phi) is 10.7. The number of carbonyl (C=O) groups excluding carboxylic acids is 1. The van der Waals surface area contributed by atoms with Gasteiger partial charge in [0.25, 0.3) is 0 Å². The molecule has 0 radical (unpaired) electrons. The number of rotatable bonds is 9. The van der Waals surface area contributed by atoms with Crippen LogP contribution in [0.4, 0.5) is 0 Å². The lowest BCUT2D eigenvalue weighted by Crippen LogP contribution is -2.32. The largest absolute Gasteiger partial charge is 0.355 e. The fraction of sp³-hybridized carbons (Fsp3) is 0.900. The number of amides is 1. The highest BCUT2D eigenvalue weighted by Gasteiger charge is 1.96. The van der Waals surface area contributed by atoms with Gasteiger partial charge in [-0.05, 0) is 31.9 Å². The molecule has 0 unspecified atom stereocenters. The first-order chi connectivity index (χ1) is 6.81. The van der Waals surface area contributed by atoms with E-state index < -0.39 is 0 Å². The van der Waals surface area contributed by atoms with Crippen LogP contribution in [0.15, 0.2) is 0 Å². The second kappa shape index (κ2) is 10.9. The van der Waals surface area contributed by atoms with E-state index in [9.17, 15) is 4.79 Å². The number of nitrogens with one attached hydrogen (secondary N) is 2. The predicted molar refractivity (Wildman–Crippen MR) is 63.8 cm³/mol. The maximum Gasteiger partial charge on any atom is 0.233 e. The molecule has 0 aliphatic rings. The van der Waals surface area contributed by atoms with E-state index in [2.05, 4.69) is 16.9 Å². The van der Waals surface area contributed by atoms with Crippen molar-refractivity contribution in [2.24, 2.45) is 0 Å².